The summed E-state index contributed by atoms with van der Waals surface area (Å²) in [5.74, 6) is 1.26. The SMILES string of the molecule is CCN(Cc1nc2c(s1)CC(C)CC2)C(=O)c1ccc(OC)o1. The minimum atomic E-state index is -0.127. The number of methoxy groups -OCH3 is 1. The van der Waals surface area contributed by atoms with E-state index in [4.69, 9.17) is 14.1 Å². The predicted octanol–water partition coefficient (Wildman–Crippen LogP) is 3.53. The summed E-state index contributed by atoms with van der Waals surface area (Å²) in [4.78, 5) is 20.4. The van der Waals surface area contributed by atoms with Gasteiger partial charge in [0.05, 0.1) is 19.3 Å². The molecular formula is C17H22N2O3S. The van der Waals surface area contributed by atoms with Crippen LogP contribution >= 0.6 is 11.3 Å². The molecule has 1 atom stereocenters. The number of carbonyl (C=O) groups is 1. The van der Waals surface area contributed by atoms with Crippen molar-refractivity contribution in [2.24, 2.45) is 5.92 Å². The number of fused-ring (bicyclic) bond motifs is 1. The quantitative estimate of drug-likeness (QED) is 0.839. The molecule has 0 spiro atoms. The molecule has 0 N–H and O–H groups in total. The second kappa shape index (κ2) is 6.74. The molecule has 2 aromatic rings. The summed E-state index contributed by atoms with van der Waals surface area (Å²) >= 11 is 1.74. The highest BCUT2D eigenvalue weighted by Gasteiger charge is 2.23. The van der Waals surface area contributed by atoms with E-state index >= 15 is 0 Å². The molecular weight excluding hydrogens is 312 g/mol. The second-order valence-corrected chi connectivity index (χ2v) is 7.14. The Morgan fingerprint density at radius 1 is 1.52 bits per heavy atom. The normalized spacial score (nSPS) is 16.9. The first-order valence-electron chi connectivity index (χ1n) is 8.01. The van der Waals surface area contributed by atoms with E-state index < -0.39 is 0 Å². The fourth-order valence-corrected chi connectivity index (χ4v) is 4.15. The number of aryl methyl sites for hydroxylation is 1. The van der Waals surface area contributed by atoms with Crippen molar-refractivity contribution in [1.82, 2.24) is 9.88 Å². The third-order valence-corrected chi connectivity index (χ3v) is 5.32. The monoisotopic (exact) mass is 334 g/mol. The van der Waals surface area contributed by atoms with Crippen LogP contribution in [0.4, 0.5) is 0 Å². The maximum absolute atomic E-state index is 12.6. The summed E-state index contributed by atoms with van der Waals surface area (Å²) in [5.41, 5.74) is 1.23. The molecule has 0 saturated heterocycles. The van der Waals surface area contributed by atoms with Gasteiger partial charge in [0.2, 0.25) is 0 Å². The molecule has 5 nitrogen and oxygen atoms in total. The van der Waals surface area contributed by atoms with Crippen LogP contribution in [0.1, 0.15) is 46.4 Å². The first kappa shape index (κ1) is 16.1. The Bertz CT molecular complexity index is 692. The van der Waals surface area contributed by atoms with Crippen LogP contribution in [0.25, 0.3) is 0 Å². The smallest absolute Gasteiger partial charge is 0.290 e. The number of amides is 1. The average molecular weight is 334 g/mol. The van der Waals surface area contributed by atoms with Crippen LogP contribution in [0.5, 0.6) is 5.95 Å². The van der Waals surface area contributed by atoms with Crippen molar-refractivity contribution in [3.63, 3.8) is 0 Å². The maximum atomic E-state index is 12.6. The summed E-state index contributed by atoms with van der Waals surface area (Å²) in [6.07, 6.45) is 3.38. The molecule has 3 rings (SSSR count). The van der Waals surface area contributed by atoms with E-state index in [0.29, 0.717) is 24.8 Å². The van der Waals surface area contributed by atoms with E-state index in [1.807, 2.05) is 6.92 Å². The van der Waals surface area contributed by atoms with Crippen molar-refractivity contribution in [2.45, 2.75) is 39.7 Å². The fourth-order valence-electron chi connectivity index (χ4n) is 2.85. The van der Waals surface area contributed by atoms with Crippen molar-refractivity contribution in [2.75, 3.05) is 13.7 Å². The van der Waals surface area contributed by atoms with Gasteiger partial charge in [0.25, 0.3) is 11.9 Å². The van der Waals surface area contributed by atoms with Crippen molar-refractivity contribution in [3.05, 3.63) is 33.5 Å². The van der Waals surface area contributed by atoms with Crippen LogP contribution in [0.2, 0.25) is 0 Å². The molecule has 23 heavy (non-hydrogen) atoms. The van der Waals surface area contributed by atoms with Crippen LogP contribution in [0, 0.1) is 5.92 Å². The molecule has 1 unspecified atom stereocenters. The molecule has 6 heteroatoms. The molecule has 2 heterocycles. The van der Waals surface area contributed by atoms with E-state index in [2.05, 4.69) is 6.92 Å². The molecule has 0 saturated carbocycles. The van der Waals surface area contributed by atoms with Crippen LogP contribution in [0.15, 0.2) is 16.5 Å². The van der Waals surface area contributed by atoms with Gasteiger partial charge >= 0.3 is 0 Å². The summed E-state index contributed by atoms with van der Waals surface area (Å²) in [7, 11) is 1.52. The van der Waals surface area contributed by atoms with Gasteiger partial charge in [0, 0.05) is 17.5 Å². The Balaban J connectivity index is 1.73. The number of nitrogens with zero attached hydrogens (tertiary/aromatic N) is 2. The highest BCUT2D eigenvalue weighted by molar-refractivity contribution is 7.11. The first-order valence-corrected chi connectivity index (χ1v) is 8.83. The van der Waals surface area contributed by atoms with Crippen molar-refractivity contribution < 1.29 is 13.9 Å². The summed E-state index contributed by atoms with van der Waals surface area (Å²) in [5, 5.41) is 1.01. The van der Waals surface area contributed by atoms with Gasteiger partial charge < -0.3 is 14.1 Å². The third-order valence-electron chi connectivity index (χ3n) is 4.22. The minimum absolute atomic E-state index is 0.127. The van der Waals surface area contributed by atoms with E-state index in [0.717, 1.165) is 23.8 Å². The summed E-state index contributed by atoms with van der Waals surface area (Å²) in [6, 6.07) is 3.31. The molecule has 1 aliphatic carbocycles. The van der Waals surface area contributed by atoms with Gasteiger partial charge in [-0.05, 0) is 38.2 Å². The molecule has 2 aromatic heterocycles. The van der Waals surface area contributed by atoms with Crippen LogP contribution in [-0.2, 0) is 19.4 Å². The standard InChI is InChI=1S/C17H22N2O3S/c1-4-19(17(20)13-7-8-16(21-3)22-13)10-15-18-12-6-5-11(2)9-14(12)23-15/h7-8,11H,4-6,9-10H2,1-3H3. The van der Waals surface area contributed by atoms with Gasteiger partial charge in [-0.15, -0.1) is 11.3 Å². The highest BCUT2D eigenvalue weighted by atomic mass is 32.1. The molecule has 0 fully saturated rings. The second-order valence-electron chi connectivity index (χ2n) is 5.97. The summed E-state index contributed by atoms with van der Waals surface area (Å²) in [6.45, 7) is 5.40. The molecule has 124 valence electrons. The highest BCUT2D eigenvalue weighted by Crippen LogP contribution is 2.30. The van der Waals surface area contributed by atoms with Gasteiger partial charge in [0.1, 0.15) is 5.01 Å². The zero-order valence-corrected chi connectivity index (χ0v) is 14.6. The predicted molar refractivity (Wildman–Crippen MR) is 89.0 cm³/mol. The number of ether oxygens (including phenoxy) is 1. The number of hydrogen-bond acceptors (Lipinski definition) is 5. The van der Waals surface area contributed by atoms with Gasteiger partial charge in [-0.25, -0.2) is 4.98 Å². The summed E-state index contributed by atoms with van der Waals surface area (Å²) < 4.78 is 10.4. The number of aromatic nitrogens is 1. The van der Waals surface area contributed by atoms with Crippen LogP contribution in [0.3, 0.4) is 0 Å². The Labute approximate surface area is 140 Å². The Hall–Kier alpha value is -1.82. The lowest BCUT2D eigenvalue weighted by atomic mass is 9.93. The van der Waals surface area contributed by atoms with Gasteiger partial charge in [-0.3, -0.25) is 4.79 Å². The average Bonchev–Trinajstić information content (AvgIpc) is 3.17. The van der Waals surface area contributed by atoms with Crippen molar-refractivity contribution >= 4 is 17.2 Å². The van der Waals surface area contributed by atoms with Crippen LogP contribution in [-0.4, -0.2) is 29.4 Å². The fraction of sp³-hybridized carbons (Fsp3) is 0.529. The Morgan fingerprint density at radius 2 is 2.35 bits per heavy atom. The number of thiazole rings is 1. The Morgan fingerprint density at radius 3 is 3.04 bits per heavy atom. The number of rotatable bonds is 5. The molecule has 0 aromatic carbocycles. The maximum Gasteiger partial charge on any atom is 0.290 e. The molecule has 1 aliphatic rings. The third kappa shape index (κ3) is 3.42. The lowest BCUT2D eigenvalue weighted by molar-refractivity contribution is 0.0714. The molecule has 0 radical (unpaired) electrons. The van der Waals surface area contributed by atoms with E-state index in [1.54, 1.807) is 28.4 Å². The topological polar surface area (TPSA) is 55.6 Å². The lowest BCUT2D eigenvalue weighted by Crippen LogP contribution is -2.30. The largest absolute Gasteiger partial charge is 0.468 e. The number of furan rings is 1. The van der Waals surface area contributed by atoms with Gasteiger partial charge in [0.15, 0.2) is 5.76 Å². The van der Waals surface area contributed by atoms with Crippen LogP contribution < -0.4 is 4.74 Å². The zero-order chi connectivity index (χ0) is 16.4. The molecule has 1 amide bonds. The van der Waals surface area contributed by atoms with E-state index in [9.17, 15) is 4.79 Å². The Kier molecular flexibility index (Phi) is 4.71. The first-order chi connectivity index (χ1) is 11.1. The minimum Gasteiger partial charge on any atom is -0.468 e. The van der Waals surface area contributed by atoms with E-state index in [-0.39, 0.29) is 5.91 Å². The van der Waals surface area contributed by atoms with Crippen molar-refractivity contribution in [1.29, 1.82) is 0 Å². The van der Waals surface area contributed by atoms with E-state index in [1.165, 1.54) is 24.1 Å². The van der Waals surface area contributed by atoms with Crippen molar-refractivity contribution in [3.8, 4) is 5.95 Å². The lowest BCUT2D eigenvalue weighted by Gasteiger charge is -2.18. The van der Waals surface area contributed by atoms with Gasteiger partial charge in [-0.2, -0.15) is 0 Å². The molecule has 0 bridgehead atoms. The molecule has 0 aliphatic heterocycles. The number of carbonyl (C=O) groups excluding carboxylic acids is 1. The zero-order valence-electron chi connectivity index (χ0n) is 13.8. The van der Waals surface area contributed by atoms with Gasteiger partial charge in [-0.1, -0.05) is 6.92 Å². The number of hydrogen-bond donors (Lipinski definition) is 0.